The quantitative estimate of drug-likeness (QED) is 0.878. The summed E-state index contributed by atoms with van der Waals surface area (Å²) in [5, 5.41) is 3.24. The first-order valence-corrected chi connectivity index (χ1v) is 9.84. The van der Waals surface area contributed by atoms with Crippen LogP contribution in [0.2, 0.25) is 0 Å². The van der Waals surface area contributed by atoms with E-state index in [4.69, 9.17) is 4.74 Å². The van der Waals surface area contributed by atoms with Gasteiger partial charge in [-0.1, -0.05) is 11.8 Å². The van der Waals surface area contributed by atoms with E-state index in [1.807, 2.05) is 30.3 Å². The zero-order valence-corrected chi connectivity index (χ0v) is 15.7. The molecule has 5 rings (SSSR count). The summed E-state index contributed by atoms with van der Waals surface area (Å²) in [6, 6.07) is 9.98. The van der Waals surface area contributed by atoms with Crippen molar-refractivity contribution in [3.8, 4) is 5.75 Å². The van der Waals surface area contributed by atoms with Gasteiger partial charge in [-0.25, -0.2) is 0 Å². The van der Waals surface area contributed by atoms with Gasteiger partial charge in [-0.05, 0) is 62.2 Å². The van der Waals surface area contributed by atoms with Crippen molar-refractivity contribution in [3.63, 3.8) is 0 Å². The third kappa shape index (κ3) is 3.71. The van der Waals surface area contributed by atoms with Crippen molar-refractivity contribution in [3.05, 3.63) is 48.3 Å². The second kappa shape index (κ2) is 7.68. The van der Waals surface area contributed by atoms with Crippen LogP contribution in [0.5, 0.6) is 5.75 Å². The average Bonchev–Trinajstić information content (AvgIpc) is 2.70. The minimum atomic E-state index is 0.0294. The van der Waals surface area contributed by atoms with Crippen molar-refractivity contribution in [1.82, 2.24) is 15.2 Å². The average molecular weight is 369 g/mol. The summed E-state index contributed by atoms with van der Waals surface area (Å²) in [5.74, 6) is 1.42. The lowest BCUT2D eigenvalue weighted by atomic mass is 9.84. The molecule has 3 aliphatic rings. The molecule has 1 amide bonds. The fourth-order valence-electron chi connectivity index (χ4n) is 3.79. The molecule has 136 valence electrons. The van der Waals surface area contributed by atoms with E-state index < -0.39 is 0 Å². The minimum absolute atomic E-state index is 0.0294. The van der Waals surface area contributed by atoms with Crippen LogP contribution in [0, 0.1) is 5.92 Å². The SMILES string of the molecule is COc1cnccc1Sc1ccc(C(=O)N[C@H]2CN3CCC2CC3)cc1. The van der Waals surface area contributed by atoms with Crippen LogP contribution in [0.4, 0.5) is 0 Å². The molecule has 6 heteroatoms. The van der Waals surface area contributed by atoms with Gasteiger partial charge in [0.15, 0.2) is 5.75 Å². The Morgan fingerprint density at radius 3 is 2.65 bits per heavy atom. The highest BCUT2D eigenvalue weighted by Crippen LogP contribution is 2.34. The van der Waals surface area contributed by atoms with Gasteiger partial charge in [0.2, 0.25) is 0 Å². The monoisotopic (exact) mass is 369 g/mol. The number of hydrogen-bond donors (Lipinski definition) is 1. The van der Waals surface area contributed by atoms with E-state index in [1.165, 1.54) is 25.9 Å². The Hall–Kier alpha value is -2.05. The van der Waals surface area contributed by atoms with E-state index in [0.29, 0.717) is 17.5 Å². The van der Waals surface area contributed by atoms with Crippen LogP contribution < -0.4 is 10.1 Å². The molecule has 1 aromatic carbocycles. The number of benzene rings is 1. The van der Waals surface area contributed by atoms with Crippen molar-refractivity contribution in [2.75, 3.05) is 26.7 Å². The van der Waals surface area contributed by atoms with E-state index in [2.05, 4.69) is 15.2 Å². The molecule has 0 spiro atoms. The van der Waals surface area contributed by atoms with E-state index in [1.54, 1.807) is 31.3 Å². The number of piperidine rings is 3. The van der Waals surface area contributed by atoms with Gasteiger partial charge in [0.1, 0.15) is 0 Å². The Bertz CT molecular complexity index is 773. The molecule has 3 saturated heterocycles. The second-order valence-electron chi connectivity index (χ2n) is 6.87. The molecule has 2 bridgehead atoms. The molecule has 0 aliphatic carbocycles. The summed E-state index contributed by atoms with van der Waals surface area (Å²) in [6.45, 7) is 3.36. The predicted octanol–water partition coefficient (Wildman–Crippen LogP) is 3.07. The van der Waals surface area contributed by atoms with Crippen LogP contribution in [0.25, 0.3) is 0 Å². The first kappa shape index (κ1) is 17.4. The Kier molecular flexibility index (Phi) is 5.13. The van der Waals surface area contributed by atoms with Crippen molar-refractivity contribution in [2.24, 2.45) is 5.92 Å². The number of ether oxygens (including phenoxy) is 1. The van der Waals surface area contributed by atoms with Gasteiger partial charge < -0.3 is 15.0 Å². The summed E-state index contributed by atoms with van der Waals surface area (Å²) >= 11 is 1.60. The molecule has 0 unspecified atom stereocenters. The molecule has 1 aromatic heterocycles. The van der Waals surface area contributed by atoms with Crippen LogP contribution in [0.3, 0.4) is 0 Å². The Labute approximate surface area is 158 Å². The lowest BCUT2D eigenvalue weighted by Crippen LogP contribution is -2.57. The topological polar surface area (TPSA) is 54.5 Å². The number of nitrogens with one attached hydrogen (secondary N) is 1. The number of hydrogen-bond acceptors (Lipinski definition) is 5. The zero-order valence-electron chi connectivity index (χ0n) is 14.9. The molecule has 1 atom stereocenters. The number of pyridine rings is 1. The van der Waals surface area contributed by atoms with Gasteiger partial charge in [0.05, 0.1) is 18.2 Å². The summed E-state index contributed by atoms with van der Waals surface area (Å²) in [6.07, 6.45) is 5.86. The van der Waals surface area contributed by atoms with Crippen LogP contribution in [0.1, 0.15) is 23.2 Å². The number of methoxy groups -OCH3 is 1. The molecule has 5 nitrogen and oxygen atoms in total. The summed E-state index contributed by atoms with van der Waals surface area (Å²) < 4.78 is 5.34. The van der Waals surface area contributed by atoms with Gasteiger partial charge in [-0.15, -0.1) is 0 Å². The van der Waals surface area contributed by atoms with Crippen molar-refractivity contribution >= 4 is 17.7 Å². The molecule has 2 aromatic rings. The Morgan fingerprint density at radius 1 is 1.23 bits per heavy atom. The Morgan fingerprint density at radius 2 is 2.00 bits per heavy atom. The highest BCUT2D eigenvalue weighted by Gasteiger charge is 2.34. The standard InChI is InChI=1S/C20H23N3O2S/c1-25-18-12-21-9-6-19(18)26-16-4-2-15(3-5-16)20(24)22-17-13-23-10-7-14(17)8-11-23/h2-6,9,12,14,17H,7-8,10-11,13H2,1H3,(H,22,24)/t17-/m0/s1. The van der Waals surface area contributed by atoms with Gasteiger partial charge in [0.25, 0.3) is 5.91 Å². The highest BCUT2D eigenvalue weighted by molar-refractivity contribution is 7.99. The minimum Gasteiger partial charge on any atom is -0.494 e. The maximum absolute atomic E-state index is 12.6. The molecule has 3 aliphatic heterocycles. The van der Waals surface area contributed by atoms with E-state index in [-0.39, 0.29) is 5.91 Å². The van der Waals surface area contributed by atoms with Crippen LogP contribution in [0.15, 0.2) is 52.5 Å². The number of carbonyl (C=O) groups is 1. The maximum atomic E-state index is 12.6. The fraction of sp³-hybridized carbons (Fsp3) is 0.400. The number of amides is 1. The first-order chi connectivity index (χ1) is 12.7. The predicted molar refractivity (Wildman–Crippen MR) is 102 cm³/mol. The maximum Gasteiger partial charge on any atom is 0.251 e. The summed E-state index contributed by atoms with van der Waals surface area (Å²) in [4.78, 5) is 21.2. The molecule has 0 radical (unpaired) electrons. The first-order valence-electron chi connectivity index (χ1n) is 9.02. The fourth-order valence-corrected chi connectivity index (χ4v) is 4.68. The largest absolute Gasteiger partial charge is 0.494 e. The van der Waals surface area contributed by atoms with Gasteiger partial charge >= 0.3 is 0 Å². The third-order valence-electron chi connectivity index (χ3n) is 5.28. The van der Waals surface area contributed by atoms with Crippen molar-refractivity contribution in [1.29, 1.82) is 0 Å². The number of nitrogens with zero attached hydrogens (tertiary/aromatic N) is 2. The lowest BCUT2D eigenvalue weighted by Gasteiger charge is -2.44. The molecule has 1 N–H and O–H groups in total. The number of aromatic nitrogens is 1. The van der Waals surface area contributed by atoms with Crippen LogP contribution in [-0.4, -0.2) is 48.6 Å². The van der Waals surface area contributed by atoms with Gasteiger partial charge in [0, 0.05) is 29.2 Å². The van der Waals surface area contributed by atoms with Crippen LogP contribution in [-0.2, 0) is 0 Å². The van der Waals surface area contributed by atoms with E-state index in [0.717, 1.165) is 22.1 Å². The van der Waals surface area contributed by atoms with Crippen molar-refractivity contribution in [2.45, 2.75) is 28.7 Å². The van der Waals surface area contributed by atoms with E-state index >= 15 is 0 Å². The summed E-state index contributed by atoms with van der Waals surface area (Å²) in [7, 11) is 1.64. The van der Waals surface area contributed by atoms with E-state index in [9.17, 15) is 4.79 Å². The zero-order chi connectivity index (χ0) is 17.9. The number of rotatable bonds is 5. The van der Waals surface area contributed by atoms with Gasteiger partial charge in [-0.2, -0.15) is 0 Å². The highest BCUT2D eigenvalue weighted by atomic mass is 32.2. The normalized spacial score (nSPS) is 24.3. The molecule has 0 saturated carbocycles. The Balaban J connectivity index is 1.40. The number of carbonyl (C=O) groups excluding carboxylic acids is 1. The van der Waals surface area contributed by atoms with Crippen molar-refractivity contribution < 1.29 is 9.53 Å². The summed E-state index contributed by atoms with van der Waals surface area (Å²) in [5.41, 5.74) is 0.715. The van der Waals surface area contributed by atoms with Crippen LogP contribution >= 0.6 is 11.8 Å². The lowest BCUT2D eigenvalue weighted by molar-refractivity contribution is 0.0620. The smallest absolute Gasteiger partial charge is 0.251 e. The molecular weight excluding hydrogens is 346 g/mol. The second-order valence-corrected chi connectivity index (χ2v) is 7.99. The molecule has 26 heavy (non-hydrogen) atoms. The number of fused-ring (bicyclic) bond motifs is 3. The van der Waals surface area contributed by atoms with Gasteiger partial charge in [-0.3, -0.25) is 9.78 Å². The molecular formula is C20H23N3O2S. The third-order valence-corrected chi connectivity index (χ3v) is 6.35. The molecule has 4 heterocycles. The molecule has 3 fully saturated rings.